The highest BCUT2D eigenvalue weighted by Crippen LogP contribution is 2.49. The molecule has 184 valence electrons. The first-order valence-electron chi connectivity index (χ1n) is 13.1. The fourth-order valence-corrected chi connectivity index (χ4v) is 5.94. The molecule has 33 heavy (non-hydrogen) atoms. The predicted molar refractivity (Wildman–Crippen MR) is 127 cm³/mol. The molecule has 1 unspecified atom stereocenters. The van der Waals surface area contributed by atoms with Crippen LogP contribution in [0.4, 0.5) is 0 Å². The number of ketones is 1. The van der Waals surface area contributed by atoms with Gasteiger partial charge in [-0.25, -0.2) is 0 Å². The number of carbonyl (C=O) groups excluding carboxylic acids is 1. The highest BCUT2D eigenvalue weighted by atomic mass is 16.7. The van der Waals surface area contributed by atoms with Crippen LogP contribution in [0.2, 0.25) is 0 Å². The molecule has 0 amide bonds. The molecule has 2 heterocycles. The predicted octanol–water partition coefficient (Wildman–Crippen LogP) is 5.42. The van der Waals surface area contributed by atoms with Gasteiger partial charge >= 0.3 is 0 Å². The number of carbonyl (C=O) groups is 1. The van der Waals surface area contributed by atoms with Gasteiger partial charge in [0.15, 0.2) is 12.6 Å². The van der Waals surface area contributed by atoms with Crippen molar-refractivity contribution in [1.29, 1.82) is 0 Å². The molecule has 7 atom stereocenters. The fraction of sp³-hybridized carbons (Fsp3) is 0.821. The van der Waals surface area contributed by atoms with Gasteiger partial charge in [0.2, 0.25) is 0 Å². The molecule has 0 aromatic rings. The third-order valence-corrected chi connectivity index (χ3v) is 7.92. The molecule has 2 aliphatic heterocycles. The van der Waals surface area contributed by atoms with Crippen LogP contribution in [0.5, 0.6) is 0 Å². The standard InChI is InChI=1S/C28H42O5/c1-4-5-14-28(2,3)25(33-27-11-7-9-16-31-27)13-12-22-23-19-21(29)17-20(23)18-24(22)32-26-10-6-8-15-30-26/h12-13,20,22-27H,6-11,14-19H2,1-3H3/b13-12+/t20-,22+,23-,24+,25+,26?,27+/m0/s1. The van der Waals surface area contributed by atoms with Crippen LogP contribution in [0.15, 0.2) is 12.2 Å². The van der Waals surface area contributed by atoms with Crippen molar-refractivity contribution in [1.82, 2.24) is 0 Å². The molecule has 4 rings (SSSR count). The Morgan fingerprint density at radius 1 is 1.09 bits per heavy atom. The van der Waals surface area contributed by atoms with Gasteiger partial charge in [-0.15, -0.1) is 11.8 Å². The van der Waals surface area contributed by atoms with Gasteiger partial charge in [0.05, 0.1) is 12.2 Å². The summed E-state index contributed by atoms with van der Waals surface area (Å²) in [7, 11) is 0. The van der Waals surface area contributed by atoms with E-state index in [9.17, 15) is 4.79 Å². The molecule has 0 spiro atoms. The monoisotopic (exact) mass is 458 g/mol. The third kappa shape index (κ3) is 6.48. The topological polar surface area (TPSA) is 54.0 Å². The van der Waals surface area contributed by atoms with E-state index in [1.165, 1.54) is 0 Å². The Morgan fingerprint density at radius 3 is 2.48 bits per heavy atom. The Morgan fingerprint density at radius 2 is 1.82 bits per heavy atom. The number of ether oxygens (including phenoxy) is 4. The molecule has 0 bridgehead atoms. The minimum absolute atomic E-state index is 0.104. The first kappa shape index (κ1) is 24.9. The molecule has 4 aliphatic rings. The second-order valence-electron chi connectivity index (χ2n) is 11.0. The van der Waals surface area contributed by atoms with Gasteiger partial charge in [0.25, 0.3) is 0 Å². The zero-order valence-electron chi connectivity index (χ0n) is 20.7. The first-order chi connectivity index (χ1) is 16.0. The average molecular weight is 459 g/mol. The maximum Gasteiger partial charge on any atom is 0.158 e. The summed E-state index contributed by atoms with van der Waals surface area (Å²) in [6.45, 7) is 7.87. The van der Waals surface area contributed by atoms with Crippen molar-refractivity contribution in [3.63, 3.8) is 0 Å². The lowest BCUT2D eigenvalue weighted by Gasteiger charge is -2.35. The molecule has 0 N–H and O–H groups in total. The highest BCUT2D eigenvalue weighted by Gasteiger charge is 2.48. The lowest BCUT2D eigenvalue weighted by atomic mass is 9.81. The van der Waals surface area contributed by atoms with Crippen LogP contribution in [0.3, 0.4) is 0 Å². The Balaban J connectivity index is 1.51. The Hall–Kier alpha value is -1.19. The summed E-state index contributed by atoms with van der Waals surface area (Å²) < 4.78 is 24.8. The lowest BCUT2D eigenvalue weighted by Crippen LogP contribution is -2.36. The maximum absolute atomic E-state index is 12.2. The van der Waals surface area contributed by atoms with Crippen molar-refractivity contribution in [2.45, 2.75) is 110 Å². The summed E-state index contributed by atoms with van der Waals surface area (Å²) in [6.07, 6.45) is 13.8. The van der Waals surface area contributed by atoms with Crippen LogP contribution in [-0.2, 0) is 23.7 Å². The van der Waals surface area contributed by atoms with Gasteiger partial charge < -0.3 is 18.9 Å². The van der Waals surface area contributed by atoms with Crippen LogP contribution in [-0.4, -0.2) is 43.8 Å². The SMILES string of the molecule is CC#CCC(C)(C)[C@@H](/C=C/[C@@H]1[C@H]2CC(=O)C[C@H]2C[C@H]1OC1CCCCO1)O[C@@H]1CCCCO1. The van der Waals surface area contributed by atoms with Crippen LogP contribution < -0.4 is 0 Å². The molecule has 5 heteroatoms. The molecule has 0 radical (unpaired) electrons. The van der Waals surface area contributed by atoms with Crippen molar-refractivity contribution in [3.05, 3.63) is 12.2 Å². The minimum atomic E-state index is -0.158. The lowest BCUT2D eigenvalue weighted by molar-refractivity contribution is -0.197. The van der Waals surface area contributed by atoms with Crippen molar-refractivity contribution in [2.75, 3.05) is 13.2 Å². The molecular weight excluding hydrogens is 416 g/mol. The van der Waals surface area contributed by atoms with Gasteiger partial charge in [-0.2, -0.15) is 0 Å². The summed E-state index contributed by atoms with van der Waals surface area (Å²) >= 11 is 0. The normalized spacial score (nSPS) is 35.9. The van der Waals surface area contributed by atoms with Crippen LogP contribution in [0, 0.1) is 35.0 Å². The summed E-state index contributed by atoms with van der Waals surface area (Å²) in [5.74, 6) is 7.70. The van der Waals surface area contributed by atoms with Gasteiger partial charge in [0.1, 0.15) is 5.78 Å². The van der Waals surface area contributed by atoms with E-state index in [-0.39, 0.29) is 36.1 Å². The number of hydrogen-bond donors (Lipinski definition) is 0. The molecule has 2 aliphatic carbocycles. The van der Waals surface area contributed by atoms with E-state index in [1.807, 2.05) is 6.92 Å². The fourth-order valence-electron chi connectivity index (χ4n) is 5.94. The number of Topliss-reactive ketones (excluding diaryl/α,β-unsaturated/α-hetero) is 1. The van der Waals surface area contributed by atoms with Gasteiger partial charge in [-0.1, -0.05) is 26.0 Å². The van der Waals surface area contributed by atoms with Crippen molar-refractivity contribution >= 4 is 5.78 Å². The summed E-state index contributed by atoms with van der Waals surface area (Å²) in [5, 5.41) is 0. The summed E-state index contributed by atoms with van der Waals surface area (Å²) in [4.78, 5) is 12.2. The second kappa shape index (κ2) is 11.5. The maximum atomic E-state index is 12.2. The first-order valence-corrected chi connectivity index (χ1v) is 13.1. The van der Waals surface area contributed by atoms with Crippen molar-refractivity contribution in [2.24, 2.45) is 23.2 Å². The minimum Gasteiger partial charge on any atom is -0.353 e. The Kier molecular flexibility index (Phi) is 8.68. The quantitative estimate of drug-likeness (QED) is 0.359. The van der Waals surface area contributed by atoms with E-state index in [0.717, 1.165) is 64.6 Å². The number of rotatable bonds is 8. The van der Waals surface area contributed by atoms with E-state index in [4.69, 9.17) is 18.9 Å². The molecule has 0 aromatic carbocycles. The average Bonchev–Trinajstić information content (AvgIpc) is 3.32. The second-order valence-corrected chi connectivity index (χ2v) is 11.0. The molecule has 2 saturated heterocycles. The van der Waals surface area contributed by atoms with Crippen LogP contribution in [0.25, 0.3) is 0 Å². The van der Waals surface area contributed by atoms with Crippen molar-refractivity contribution < 1.29 is 23.7 Å². The van der Waals surface area contributed by atoms with E-state index >= 15 is 0 Å². The zero-order chi connectivity index (χ0) is 23.3. The van der Waals surface area contributed by atoms with E-state index in [0.29, 0.717) is 30.5 Å². The Bertz CT molecular complexity index is 735. The van der Waals surface area contributed by atoms with Crippen LogP contribution in [0.1, 0.15) is 85.0 Å². The molecule has 0 aromatic heterocycles. The van der Waals surface area contributed by atoms with E-state index < -0.39 is 0 Å². The third-order valence-electron chi connectivity index (χ3n) is 7.92. The van der Waals surface area contributed by atoms with Crippen molar-refractivity contribution in [3.8, 4) is 11.8 Å². The zero-order valence-corrected chi connectivity index (χ0v) is 20.7. The van der Waals surface area contributed by atoms with E-state index in [1.54, 1.807) is 0 Å². The summed E-state index contributed by atoms with van der Waals surface area (Å²) in [6, 6.07) is 0. The largest absolute Gasteiger partial charge is 0.353 e. The summed E-state index contributed by atoms with van der Waals surface area (Å²) in [5.41, 5.74) is -0.146. The molecular formula is C28H42O5. The van der Waals surface area contributed by atoms with Gasteiger partial charge in [0, 0.05) is 43.8 Å². The van der Waals surface area contributed by atoms with Gasteiger partial charge in [-0.3, -0.25) is 4.79 Å². The van der Waals surface area contributed by atoms with Crippen LogP contribution >= 0.6 is 0 Å². The smallest absolute Gasteiger partial charge is 0.158 e. The van der Waals surface area contributed by atoms with Gasteiger partial charge in [-0.05, 0) is 63.7 Å². The Labute approximate surface area is 199 Å². The van der Waals surface area contributed by atoms with E-state index in [2.05, 4.69) is 37.8 Å². The number of fused-ring (bicyclic) bond motifs is 1. The highest BCUT2D eigenvalue weighted by molar-refractivity contribution is 5.81. The molecule has 2 saturated carbocycles. The number of hydrogen-bond acceptors (Lipinski definition) is 5. The molecule has 5 nitrogen and oxygen atoms in total. The molecule has 4 fully saturated rings.